The third kappa shape index (κ3) is 6.45. The van der Waals surface area contributed by atoms with Crippen LogP contribution in [0.25, 0.3) is 0 Å². The van der Waals surface area contributed by atoms with Crippen LogP contribution in [0.5, 0.6) is 11.5 Å². The summed E-state index contributed by atoms with van der Waals surface area (Å²) in [6.07, 6.45) is 2.89. The lowest BCUT2D eigenvalue weighted by Crippen LogP contribution is -2.35. The van der Waals surface area contributed by atoms with Crippen LogP contribution in [-0.2, 0) is 14.8 Å². The molecule has 168 valence electrons. The van der Waals surface area contributed by atoms with Gasteiger partial charge in [0.15, 0.2) is 6.61 Å². The van der Waals surface area contributed by atoms with Gasteiger partial charge in [-0.25, -0.2) is 8.42 Å². The molecule has 7 nitrogen and oxygen atoms in total. The summed E-state index contributed by atoms with van der Waals surface area (Å²) in [7, 11) is -3.44. The quantitative estimate of drug-likeness (QED) is 0.599. The molecule has 0 atom stereocenters. The molecular weight excluding hydrogens is 416 g/mol. The number of aryl methyl sites for hydroxylation is 2. The molecule has 0 unspecified atom stereocenters. The average molecular weight is 447 g/mol. The number of benzene rings is 2. The first kappa shape index (κ1) is 23.1. The topological polar surface area (TPSA) is 84.9 Å². The third-order valence-corrected chi connectivity index (χ3v) is 7.23. The fourth-order valence-electron chi connectivity index (χ4n) is 3.33. The second-order valence-corrected chi connectivity index (χ2v) is 9.61. The highest BCUT2D eigenvalue weighted by atomic mass is 32.2. The SMILES string of the molecule is Cc1ccc(OCC(=O)NCCOc2ccc(S(=O)(=O)N3CCCCC3)cc2)cc1C. The Balaban J connectivity index is 1.39. The van der Waals surface area contributed by atoms with Crippen LogP contribution in [0.4, 0.5) is 0 Å². The summed E-state index contributed by atoms with van der Waals surface area (Å²) in [5, 5.41) is 2.74. The minimum atomic E-state index is -3.44. The molecule has 0 spiro atoms. The Morgan fingerprint density at radius 1 is 0.935 bits per heavy atom. The third-order valence-electron chi connectivity index (χ3n) is 5.32. The van der Waals surface area contributed by atoms with E-state index in [4.69, 9.17) is 9.47 Å². The van der Waals surface area contributed by atoms with Crippen molar-refractivity contribution in [3.8, 4) is 11.5 Å². The maximum absolute atomic E-state index is 12.7. The number of nitrogens with zero attached hydrogens (tertiary/aromatic N) is 1. The van der Waals surface area contributed by atoms with Crippen molar-refractivity contribution in [3.05, 3.63) is 53.6 Å². The Bertz CT molecular complexity index is 984. The van der Waals surface area contributed by atoms with Gasteiger partial charge in [0.25, 0.3) is 5.91 Å². The van der Waals surface area contributed by atoms with E-state index in [1.807, 2.05) is 32.0 Å². The van der Waals surface area contributed by atoms with Crippen molar-refractivity contribution in [2.75, 3.05) is 32.8 Å². The summed E-state index contributed by atoms with van der Waals surface area (Å²) in [5.74, 6) is 0.983. The standard InChI is InChI=1S/C23H30N2O5S/c1-18-6-7-21(16-19(18)2)30-17-23(26)24-12-15-29-20-8-10-22(11-9-20)31(27,28)25-13-4-3-5-14-25/h6-11,16H,3-5,12-15,17H2,1-2H3,(H,24,26). The van der Waals surface area contributed by atoms with Gasteiger partial charge in [0.05, 0.1) is 11.4 Å². The first-order valence-electron chi connectivity index (χ1n) is 10.6. The fraction of sp³-hybridized carbons (Fsp3) is 0.435. The minimum absolute atomic E-state index is 0.0639. The Labute approximate surface area is 184 Å². The zero-order valence-corrected chi connectivity index (χ0v) is 18.9. The van der Waals surface area contributed by atoms with Crippen LogP contribution in [0, 0.1) is 13.8 Å². The largest absolute Gasteiger partial charge is 0.492 e. The summed E-state index contributed by atoms with van der Waals surface area (Å²) in [6.45, 7) is 5.70. The molecular formula is C23H30N2O5S. The van der Waals surface area contributed by atoms with E-state index in [1.165, 1.54) is 5.56 Å². The predicted molar refractivity (Wildman–Crippen MR) is 119 cm³/mol. The van der Waals surface area contributed by atoms with Crippen molar-refractivity contribution in [1.29, 1.82) is 0 Å². The van der Waals surface area contributed by atoms with Gasteiger partial charge in [0.2, 0.25) is 10.0 Å². The Morgan fingerprint density at radius 3 is 2.29 bits per heavy atom. The van der Waals surface area contributed by atoms with E-state index in [-0.39, 0.29) is 24.0 Å². The monoisotopic (exact) mass is 446 g/mol. The molecule has 0 aliphatic carbocycles. The highest BCUT2D eigenvalue weighted by Gasteiger charge is 2.25. The molecule has 1 aliphatic heterocycles. The highest BCUT2D eigenvalue weighted by molar-refractivity contribution is 7.89. The van der Waals surface area contributed by atoms with E-state index in [0.29, 0.717) is 31.1 Å². The molecule has 1 heterocycles. The lowest BCUT2D eigenvalue weighted by Gasteiger charge is -2.25. The number of amides is 1. The van der Waals surface area contributed by atoms with Gasteiger partial charge in [-0.05, 0) is 74.2 Å². The van der Waals surface area contributed by atoms with E-state index < -0.39 is 10.0 Å². The zero-order chi connectivity index (χ0) is 22.3. The number of carbonyl (C=O) groups excluding carboxylic acids is 1. The number of ether oxygens (including phenoxy) is 2. The molecule has 1 fully saturated rings. The number of sulfonamides is 1. The minimum Gasteiger partial charge on any atom is -0.492 e. The number of hydrogen-bond donors (Lipinski definition) is 1. The van der Waals surface area contributed by atoms with E-state index in [9.17, 15) is 13.2 Å². The molecule has 1 N–H and O–H groups in total. The van der Waals surface area contributed by atoms with Crippen LogP contribution in [0.2, 0.25) is 0 Å². The molecule has 3 rings (SSSR count). The number of rotatable bonds is 9. The van der Waals surface area contributed by atoms with E-state index in [1.54, 1.807) is 28.6 Å². The lowest BCUT2D eigenvalue weighted by molar-refractivity contribution is -0.123. The molecule has 2 aromatic carbocycles. The molecule has 0 bridgehead atoms. The second-order valence-electron chi connectivity index (χ2n) is 7.67. The summed E-state index contributed by atoms with van der Waals surface area (Å²) in [6, 6.07) is 12.1. The van der Waals surface area contributed by atoms with Gasteiger partial charge in [0.1, 0.15) is 18.1 Å². The Kier molecular flexibility index (Phi) is 7.92. The molecule has 2 aromatic rings. The Hall–Kier alpha value is -2.58. The van der Waals surface area contributed by atoms with Crippen molar-refractivity contribution in [2.45, 2.75) is 38.0 Å². The second kappa shape index (κ2) is 10.6. The number of piperidine rings is 1. The van der Waals surface area contributed by atoms with Crippen LogP contribution >= 0.6 is 0 Å². The van der Waals surface area contributed by atoms with E-state index >= 15 is 0 Å². The van der Waals surface area contributed by atoms with Crippen molar-refractivity contribution < 1.29 is 22.7 Å². The Morgan fingerprint density at radius 2 is 1.61 bits per heavy atom. The van der Waals surface area contributed by atoms with Crippen LogP contribution in [-0.4, -0.2) is 51.5 Å². The molecule has 1 aliphatic rings. The molecule has 1 saturated heterocycles. The van der Waals surface area contributed by atoms with Crippen molar-refractivity contribution >= 4 is 15.9 Å². The van der Waals surface area contributed by atoms with Crippen LogP contribution < -0.4 is 14.8 Å². The summed E-state index contributed by atoms with van der Waals surface area (Å²) >= 11 is 0. The van der Waals surface area contributed by atoms with Crippen molar-refractivity contribution in [3.63, 3.8) is 0 Å². The lowest BCUT2D eigenvalue weighted by atomic mass is 10.1. The fourth-order valence-corrected chi connectivity index (χ4v) is 4.84. The van der Waals surface area contributed by atoms with E-state index in [0.717, 1.165) is 24.8 Å². The summed E-state index contributed by atoms with van der Waals surface area (Å²) in [4.78, 5) is 12.2. The van der Waals surface area contributed by atoms with Crippen LogP contribution in [0.1, 0.15) is 30.4 Å². The zero-order valence-electron chi connectivity index (χ0n) is 18.1. The van der Waals surface area contributed by atoms with Crippen LogP contribution in [0.3, 0.4) is 0 Å². The maximum atomic E-state index is 12.7. The van der Waals surface area contributed by atoms with E-state index in [2.05, 4.69) is 5.32 Å². The van der Waals surface area contributed by atoms with Gasteiger partial charge in [-0.1, -0.05) is 12.5 Å². The number of nitrogens with one attached hydrogen (secondary N) is 1. The number of hydrogen-bond acceptors (Lipinski definition) is 5. The average Bonchev–Trinajstić information content (AvgIpc) is 2.78. The molecule has 1 amide bonds. The summed E-state index contributed by atoms with van der Waals surface area (Å²) in [5.41, 5.74) is 2.28. The predicted octanol–water partition coefficient (Wildman–Crippen LogP) is 3.05. The molecule has 0 aromatic heterocycles. The van der Waals surface area contributed by atoms with Gasteiger partial charge in [-0.2, -0.15) is 4.31 Å². The first-order valence-corrected chi connectivity index (χ1v) is 12.0. The number of carbonyl (C=O) groups is 1. The van der Waals surface area contributed by atoms with Crippen molar-refractivity contribution in [2.24, 2.45) is 0 Å². The molecule has 0 saturated carbocycles. The van der Waals surface area contributed by atoms with Gasteiger partial charge in [0, 0.05) is 13.1 Å². The van der Waals surface area contributed by atoms with Crippen molar-refractivity contribution in [1.82, 2.24) is 9.62 Å². The van der Waals surface area contributed by atoms with Gasteiger partial charge >= 0.3 is 0 Å². The highest BCUT2D eigenvalue weighted by Crippen LogP contribution is 2.22. The smallest absolute Gasteiger partial charge is 0.258 e. The summed E-state index contributed by atoms with van der Waals surface area (Å²) < 4.78 is 38.0. The molecule has 8 heteroatoms. The molecule has 31 heavy (non-hydrogen) atoms. The first-order chi connectivity index (χ1) is 14.9. The molecule has 0 radical (unpaired) electrons. The maximum Gasteiger partial charge on any atom is 0.258 e. The van der Waals surface area contributed by atoms with Gasteiger partial charge in [-0.3, -0.25) is 4.79 Å². The van der Waals surface area contributed by atoms with Gasteiger partial charge in [-0.15, -0.1) is 0 Å². The normalized spacial score (nSPS) is 14.8. The van der Waals surface area contributed by atoms with Gasteiger partial charge < -0.3 is 14.8 Å². The van der Waals surface area contributed by atoms with Crippen LogP contribution in [0.15, 0.2) is 47.4 Å².